The molecule has 0 radical (unpaired) electrons. The van der Waals surface area contributed by atoms with Gasteiger partial charge in [-0.05, 0) is 234 Å². The smallest absolute Gasteiger partial charge is 0.306 e. The quantitative estimate of drug-likeness (QED) is 0.0218. The molecule has 0 aliphatic carbocycles. The van der Waals surface area contributed by atoms with Crippen molar-refractivity contribution in [3.63, 3.8) is 0 Å². The molecule has 3 rings (SSSR count). The second-order valence-electron chi connectivity index (χ2n) is 42.9. The van der Waals surface area contributed by atoms with Crippen molar-refractivity contribution in [2.45, 2.75) is 401 Å². The van der Waals surface area contributed by atoms with Crippen molar-refractivity contribution in [2.24, 2.45) is 37.9 Å². The molecule has 0 atom stereocenters. The van der Waals surface area contributed by atoms with Crippen molar-refractivity contribution < 1.29 is 47.7 Å². The summed E-state index contributed by atoms with van der Waals surface area (Å²) in [6.45, 7) is 92.4. The summed E-state index contributed by atoms with van der Waals surface area (Å²) in [5, 5.41) is 17.5. The Morgan fingerprint density at radius 2 is 0.726 bits per heavy atom. The molecule has 3 aromatic carbocycles. The third-order valence-electron chi connectivity index (χ3n) is 17.8. The summed E-state index contributed by atoms with van der Waals surface area (Å²) in [7, 11) is 5.63. The molecule has 3 aromatic rings. The molecule has 6 N–H and O–H groups in total. The van der Waals surface area contributed by atoms with E-state index in [9.17, 15) is 24.0 Å². The normalized spacial score (nSPS) is 12.0. The maximum atomic E-state index is 11.6. The molecule has 0 fully saturated rings. The number of hydrogen-bond acceptors (Lipinski definition) is 13. The van der Waals surface area contributed by atoms with Crippen LogP contribution in [0.1, 0.15) is 360 Å². The van der Waals surface area contributed by atoms with Crippen molar-refractivity contribution in [1.29, 1.82) is 0 Å². The molecule has 0 saturated carbocycles. The van der Waals surface area contributed by atoms with Crippen LogP contribution < -0.4 is 36.6 Å². The Labute approximate surface area is 725 Å². The number of likely N-dealkylation sites (N-methyl/N-ethyl adjacent to an activating group) is 3. The molecule has 16 nitrogen and oxygen atoms in total. The maximum Gasteiger partial charge on any atom is 0.306 e. The highest BCUT2D eigenvalue weighted by atomic mass is 16.6. The lowest BCUT2D eigenvalue weighted by molar-refractivity contribution is -0.155. The van der Waals surface area contributed by atoms with Crippen LogP contribution in [0.3, 0.4) is 0 Å². The number of para-hydroxylation sites is 1. The highest BCUT2D eigenvalue weighted by Crippen LogP contribution is 2.35. The number of carbonyl (C=O) groups excluding carboxylic acids is 5. The molecule has 0 bridgehead atoms. The third-order valence-corrected chi connectivity index (χ3v) is 17.8. The van der Waals surface area contributed by atoms with Gasteiger partial charge in [0.2, 0.25) is 17.7 Å². The van der Waals surface area contributed by atoms with E-state index in [1.54, 1.807) is 0 Å². The molecular formula is C101H192N6O10. The van der Waals surface area contributed by atoms with Gasteiger partial charge in [0, 0.05) is 88.5 Å². The predicted octanol–water partition coefficient (Wildman–Crippen LogP) is 24.2. The summed E-state index contributed by atoms with van der Waals surface area (Å²) < 4.78 is 27.7. The molecule has 0 aliphatic rings. The van der Waals surface area contributed by atoms with E-state index in [4.69, 9.17) is 23.7 Å². The lowest BCUT2D eigenvalue weighted by Gasteiger charge is -2.31. The van der Waals surface area contributed by atoms with Gasteiger partial charge in [0.1, 0.15) is 22.7 Å². The minimum absolute atomic E-state index is 0.00639. The number of hydrogen-bond donors (Lipinski definition) is 6. The van der Waals surface area contributed by atoms with E-state index in [0.717, 1.165) is 51.1 Å². The lowest BCUT2D eigenvalue weighted by Crippen LogP contribution is -2.46. The van der Waals surface area contributed by atoms with Crippen molar-refractivity contribution in [2.75, 3.05) is 60.6 Å². The van der Waals surface area contributed by atoms with E-state index in [1.807, 2.05) is 174 Å². The number of benzene rings is 3. The number of ketones is 1. The van der Waals surface area contributed by atoms with Gasteiger partial charge in [0.25, 0.3) is 0 Å². The van der Waals surface area contributed by atoms with E-state index in [2.05, 4.69) is 253 Å². The minimum Gasteiger partial charge on any atom is -0.488 e. The first kappa shape index (κ1) is 127. The van der Waals surface area contributed by atoms with Crippen LogP contribution in [-0.2, 0) is 55.9 Å². The Bertz CT molecular complexity index is 2830. The lowest BCUT2D eigenvalue weighted by atomic mass is 9.75. The SMILES string of the molecule is C#C.CC(C)(C)Cc1ccccc1.CC(C)(C)OCc1ccccc1.CC(C)(C)Oc1ccccc1.CCC(C)(C)CC(=O)C(C)(C)C.CCC(C)(C)CC(C)(C)C.CCC(C)(C)CCOCCCC(=O)OC(C)(C)C.CCC(C)(C)COC(C)(C)C.CNC(C)(C)CNC(C)=O.CNC(C)(C)CNC(C)=O.CNC(C)(C)CNC(C)=O. The van der Waals surface area contributed by atoms with Crippen molar-refractivity contribution >= 4 is 29.5 Å². The Morgan fingerprint density at radius 3 is 1.00 bits per heavy atom. The second kappa shape index (κ2) is 62.4. The Morgan fingerprint density at radius 1 is 0.385 bits per heavy atom. The fraction of sp³-hybridized carbons (Fsp3) is 0.752. The van der Waals surface area contributed by atoms with Gasteiger partial charge >= 0.3 is 5.97 Å². The van der Waals surface area contributed by atoms with Crippen LogP contribution in [0.5, 0.6) is 5.75 Å². The number of carbonyl (C=O) groups is 5. The first-order chi connectivity index (χ1) is 52.6. The molecular weight excluding hydrogens is 1460 g/mol. The van der Waals surface area contributed by atoms with Crippen LogP contribution in [-0.4, -0.2) is 129 Å². The molecule has 0 unspecified atom stereocenters. The number of terminal acetylenes is 1. The van der Waals surface area contributed by atoms with E-state index < -0.39 is 0 Å². The summed E-state index contributed by atoms with van der Waals surface area (Å²) >= 11 is 0. The first-order valence-corrected chi connectivity index (χ1v) is 43.1. The van der Waals surface area contributed by atoms with Crippen molar-refractivity contribution in [1.82, 2.24) is 31.9 Å². The Balaban J connectivity index is -0.000000189. The zero-order chi connectivity index (χ0) is 94.0. The van der Waals surface area contributed by atoms with Crippen LogP contribution in [0.15, 0.2) is 91.0 Å². The summed E-state index contributed by atoms with van der Waals surface area (Å²) in [5.41, 5.74) is 4.21. The number of nitrogens with one attached hydrogen (secondary N) is 6. The average molecular weight is 1650 g/mol. The molecule has 0 saturated heterocycles. The van der Waals surface area contributed by atoms with Gasteiger partial charge in [0.05, 0.1) is 24.4 Å². The molecule has 0 aliphatic heterocycles. The van der Waals surface area contributed by atoms with E-state index >= 15 is 0 Å². The topological polar surface area (TPSA) is 204 Å². The van der Waals surface area contributed by atoms with Crippen molar-refractivity contribution in [3.8, 4) is 18.6 Å². The molecule has 117 heavy (non-hydrogen) atoms. The zero-order valence-electron chi connectivity index (χ0n) is 84.9. The largest absolute Gasteiger partial charge is 0.488 e. The van der Waals surface area contributed by atoms with Gasteiger partial charge in [-0.25, -0.2) is 0 Å². The number of ether oxygens (including phenoxy) is 5. The van der Waals surface area contributed by atoms with Gasteiger partial charge in [-0.3, -0.25) is 24.0 Å². The van der Waals surface area contributed by atoms with Crippen molar-refractivity contribution in [3.05, 3.63) is 102 Å². The fourth-order valence-electron chi connectivity index (χ4n) is 8.46. The number of esters is 1. The monoisotopic (exact) mass is 1650 g/mol. The first-order valence-electron chi connectivity index (χ1n) is 43.1. The van der Waals surface area contributed by atoms with Gasteiger partial charge in [-0.1, -0.05) is 244 Å². The Kier molecular flexibility index (Phi) is 67.7. The predicted molar refractivity (Wildman–Crippen MR) is 508 cm³/mol. The number of amides is 3. The molecule has 3 amide bonds. The number of rotatable bonds is 29. The average Bonchev–Trinajstić information content (AvgIpc) is 0.888. The summed E-state index contributed by atoms with van der Waals surface area (Å²) in [6, 6.07) is 30.7. The summed E-state index contributed by atoms with van der Waals surface area (Å²) in [6.07, 6.45) is 18.1. The maximum absolute atomic E-state index is 11.6. The van der Waals surface area contributed by atoms with Gasteiger partial charge in [0.15, 0.2) is 0 Å². The molecule has 0 spiro atoms. The van der Waals surface area contributed by atoms with E-state index in [1.165, 1.54) is 51.2 Å². The zero-order valence-corrected chi connectivity index (χ0v) is 84.9. The van der Waals surface area contributed by atoms with E-state index in [-0.39, 0.29) is 73.5 Å². The summed E-state index contributed by atoms with van der Waals surface area (Å²) in [4.78, 5) is 54.5. The highest BCUT2D eigenvalue weighted by Gasteiger charge is 2.29. The van der Waals surface area contributed by atoms with Gasteiger partial charge in [-0.2, -0.15) is 0 Å². The molecule has 16 heteroatoms. The Hall–Kier alpha value is -5.67. The third kappa shape index (κ3) is 103. The molecule has 686 valence electrons. The van der Waals surface area contributed by atoms with Crippen LogP contribution >= 0.6 is 0 Å². The van der Waals surface area contributed by atoms with Gasteiger partial charge < -0.3 is 55.6 Å². The second-order valence-corrected chi connectivity index (χ2v) is 42.9. The molecule has 0 heterocycles. The number of Topliss-reactive ketones (excluding diaryl/α,β-unsaturated/α-hetero) is 1. The van der Waals surface area contributed by atoms with Crippen LogP contribution in [0.25, 0.3) is 0 Å². The van der Waals surface area contributed by atoms with Crippen LogP contribution in [0.4, 0.5) is 0 Å². The van der Waals surface area contributed by atoms with Crippen LogP contribution in [0.2, 0.25) is 0 Å². The highest BCUT2D eigenvalue weighted by molar-refractivity contribution is 5.84. The fourth-order valence-corrected chi connectivity index (χ4v) is 8.46. The van der Waals surface area contributed by atoms with Gasteiger partial charge in [-0.15, -0.1) is 12.8 Å². The summed E-state index contributed by atoms with van der Waals surface area (Å²) in [5.74, 6) is 1.21. The standard InChI is InChI=1S/C15H30O3.C11H16O.C11H22O.C11H16.C10H14O.C10H22O.C10H22.3C7H16N2O.C2H2/c1-7-15(5,6)10-12-17-11-8-9-13(16)18-14(2,3)4;1-11(2,3)12-9-10-7-5-4-6-8-10;1-7-11(5,6)8-9(12)10(2,3)4;1-11(2,3)9-10-7-5-4-6-8-10;1-10(2,3)11-9-7-5-4-6-8-9;1-7-10(5,6)8-11-9(2,3)4;1-7-10(5,6)8-9(2,3)4;3*1-6(10)9-5-7(2,3)8-4;1-2/h7-12H2,1-6H3;4-8H,9H2,1-3H3;7-8H2,1-6H3;4-8H,9H2,1-3H3;4-8H,1-3H3;7-8H2,1-6H3;7-8H2,1-6H3;3*8H,5H2,1-4H3,(H,9,10);1-2H. The minimum atomic E-state index is -0.386. The van der Waals surface area contributed by atoms with Crippen LogP contribution in [0, 0.1) is 50.8 Å². The molecule has 0 aromatic heterocycles. The van der Waals surface area contributed by atoms with E-state index in [0.29, 0.717) is 78.5 Å².